The largest absolute Gasteiger partial charge is 0.508 e. The van der Waals surface area contributed by atoms with E-state index in [-0.39, 0.29) is 17.0 Å². The molecule has 0 aliphatic heterocycles. The van der Waals surface area contributed by atoms with Crippen molar-refractivity contribution in [1.29, 1.82) is 0 Å². The minimum absolute atomic E-state index is 0.0776. The quantitative estimate of drug-likeness (QED) is 0.546. The summed E-state index contributed by atoms with van der Waals surface area (Å²) in [6, 6.07) is 16.6. The fourth-order valence-corrected chi connectivity index (χ4v) is 3.66. The maximum Gasteiger partial charge on any atom is 0.352 e. The molecule has 0 spiro atoms. The van der Waals surface area contributed by atoms with E-state index in [1.807, 2.05) is 24.3 Å². The summed E-state index contributed by atoms with van der Waals surface area (Å²) >= 11 is 7.55. The van der Waals surface area contributed by atoms with E-state index >= 15 is 0 Å². The van der Waals surface area contributed by atoms with E-state index in [0.29, 0.717) is 9.90 Å². The topological polar surface area (TPSA) is 86.6 Å². The Labute approximate surface area is 164 Å². The van der Waals surface area contributed by atoms with Gasteiger partial charge < -0.3 is 15.5 Å². The Bertz CT molecular complexity index is 1040. The van der Waals surface area contributed by atoms with Crippen molar-refractivity contribution >= 4 is 40.9 Å². The normalized spacial score (nSPS) is 11.2. The molecule has 27 heavy (non-hydrogen) atoms. The van der Waals surface area contributed by atoms with Gasteiger partial charge in [0.2, 0.25) is 0 Å². The lowest BCUT2D eigenvalue weighted by Gasteiger charge is -2.06. The van der Waals surface area contributed by atoms with Crippen molar-refractivity contribution < 1.29 is 19.8 Å². The maximum absolute atomic E-state index is 12.2. The number of carbonyl (C=O) groups excluding carboxylic acids is 1. The highest BCUT2D eigenvalue weighted by Crippen LogP contribution is 2.33. The SMILES string of the molecule is O=C(O)/C(=C/c1ccc(-c2ccccc2Cl)s1)NC(=O)c1cccc(O)c1. The monoisotopic (exact) mass is 399 g/mol. The lowest BCUT2D eigenvalue weighted by Crippen LogP contribution is -2.27. The van der Waals surface area contributed by atoms with Gasteiger partial charge in [-0.15, -0.1) is 11.3 Å². The molecule has 0 radical (unpaired) electrons. The lowest BCUT2D eigenvalue weighted by atomic mass is 10.2. The molecule has 3 aromatic rings. The van der Waals surface area contributed by atoms with Crippen LogP contribution in [-0.4, -0.2) is 22.1 Å². The molecular formula is C20H14ClNO4S. The summed E-state index contributed by atoms with van der Waals surface area (Å²) in [5.41, 5.74) is 0.741. The molecule has 2 aromatic carbocycles. The number of hydrogen-bond donors (Lipinski definition) is 3. The number of aliphatic carboxylic acids is 1. The van der Waals surface area contributed by atoms with Crippen LogP contribution in [0.15, 0.2) is 66.4 Å². The fourth-order valence-electron chi connectivity index (χ4n) is 2.37. The molecular weight excluding hydrogens is 386 g/mol. The van der Waals surface area contributed by atoms with Gasteiger partial charge in [0, 0.05) is 25.9 Å². The molecule has 5 nitrogen and oxygen atoms in total. The number of benzene rings is 2. The molecule has 0 atom stereocenters. The zero-order valence-corrected chi connectivity index (χ0v) is 15.4. The predicted octanol–water partition coefficient (Wildman–Crippen LogP) is 4.63. The first-order chi connectivity index (χ1) is 12.9. The first-order valence-corrected chi connectivity index (χ1v) is 9.03. The van der Waals surface area contributed by atoms with Crippen LogP contribution in [0.4, 0.5) is 0 Å². The van der Waals surface area contributed by atoms with Crippen LogP contribution in [-0.2, 0) is 4.79 Å². The number of nitrogens with one attached hydrogen (secondary N) is 1. The van der Waals surface area contributed by atoms with Crippen molar-refractivity contribution in [2.24, 2.45) is 0 Å². The van der Waals surface area contributed by atoms with Crippen molar-refractivity contribution in [2.75, 3.05) is 0 Å². The molecule has 0 aliphatic rings. The Morgan fingerprint density at radius 3 is 2.52 bits per heavy atom. The Morgan fingerprint density at radius 2 is 1.81 bits per heavy atom. The van der Waals surface area contributed by atoms with E-state index in [1.165, 1.54) is 41.7 Å². The summed E-state index contributed by atoms with van der Waals surface area (Å²) in [7, 11) is 0. The van der Waals surface area contributed by atoms with Gasteiger partial charge in [-0.3, -0.25) is 4.79 Å². The highest BCUT2D eigenvalue weighted by atomic mass is 35.5. The smallest absolute Gasteiger partial charge is 0.352 e. The van der Waals surface area contributed by atoms with Gasteiger partial charge in [-0.05, 0) is 42.5 Å². The lowest BCUT2D eigenvalue weighted by molar-refractivity contribution is -0.132. The first-order valence-electron chi connectivity index (χ1n) is 7.84. The predicted molar refractivity (Wildman–Crippen MR) is 106 cm³/mol. The van der Waals surface area contributed by atoms with E-state index in [4.69, 9.17) is 11.6 Å². The van der Waals surface area contributed by atoms with Crippen molar-refractivity contribution in [2.45, 2.75) is 0 Å². The van der Waals surface area contributed by atoms with Crippen LogP contribution in [0.5, 0.6) is 5.75 Å². The van der Waals surface area contributed by atoms with Crippen LogP contribution in [0.2, 0.25) is 5.02 Å². The summed E-state index contributed by atoms with van der Waals surface area (Å²) in [4.78, 5) is 25.3. The molecule has 1 aromatic heterocycles. The number of halogens is 1. The first kappa shape index (κ1) is 18.7. The highest BCUT2D eigenvalue weighted by molar-refractivity contribution is 7.16. The molecule has 0 saturated carbocycles. The van der Waals surface area contributed by atoms with Crippen LogP contribution < -0.4 is 5.32 Å². The number of phenols is 1. The number of thiophene rings is 1. The number of hydrogen-bond acceptors (Lipinski definition) is 4. The summed E-state index contributed by atoms with van der Waals surface area (Å²) in [5, 5.41) is 21.8. The molecule has 0 aliphatic carbocycles. The van der Waals surface area contributed by atoms with E-state index in [9.17, 15) is 19.8 Å². The number of aromatic hydroxyl groups is 1. The van der Waals surface area contributed by atoms with Crippen molar-refractivity contribution in [1.82, 2.24) is 5.32 Å². The number of carboxylic acids is 1. The molecule has 0 fully saturated rings. The van der Waals surface area contributed by atoms with Gasteiger partial charge in [0.05, 0.1) is 0 Å². The van der Waals surface area contributed by atoms with Crippen molar-refractivity contribution in [3.63, 3.8) is 0 Å². The third-order valence-electron chi connectivity index (χ3n) is 3.64. The van der Waals surface area contributed by atoms with Crippen LogP contribution in [0.25, 0.3) is 16.5 Å². The second-order valence-corrected chi connectivity index (χ2v) is 7.07. The molecule has 0 saturated heterocycles. The molecule has 7 heteroatoms. The van der Waals surface area contributed by atoms with E-state index < -0.39 is 11.9 Å². The minimum atomic E-state index is -1.27. The third-order valence-corrected chi connectivity index (χ3v) is 5.03. The van der Waals surface area contributed by atoms with Crippen LogP contribution in [0, 0.1) is 0 Å². The van der Waals surface area contributed by atoms with Crippen molar-refractivity contribution in [3.8, 4) is 16.2 Å². The number of phenolic OH excluding ortho intramolecular Hbond substituents is 1. The van der Waals surface area contributed by atoms with Gasteiger partial charge in [-0.1, -0.05) is 35.9 Å². The Morgan fingerprint density at radius 1 is 1.04 bits per heavy atom. The third kappa shape index (κ3) is 4.55. The van der Waals surface area contributed by atoms with Gasteiger partial charge in [-0.2, -0.15) is 0 Å². The second-order valence-electron chi connectivity index (χ2n) is 5.55. The van der Waals surface area contributed by atoms with E-state index in [2.05, 4.69) is 5.32 Å². The summed E-state index contributed by atoms with van der Waals surface area (Å²) < 4.78 is 0. The molecule has 3 N–H and O–H groups in total. The van der Waals surface area contributed by atoms with Gasteiger partial charge in [-0.25, -0.2) is 4.79 Å². The van der Waals surface area contributed by atoms with Gasteiger partial charge in [0.15, 0.2) is 0 Å². The van der Waals surface area contributed by atoms with Crippen LogP contribution >= 0.6 is 22.9 Å². The average molecular weight is 400 g/mol. The fraction of sp³-hybridized carbons (Fsp3) is 0. The van der Waals surface area contributed by atoms with Crippen LogP contribution in [0.1, 0.15) is 15.2 Å². The Balaban J connectivity index is 1.85. The van der Waals surface area contributed by atoms with Gasteiger partial charge >= 0.3 is 5.97 Å². The van der Waals surface area contributed by atoms with Crippen molar-refractivity contribution in [3.05, 3.63) is 81.8 Å². The summed E-state index contributed by atoms with van der Waals surface area (Å²) in [6.07, 6.45) is 1.38. The summed E-state index contributed by atoms with van der Waals surface area (Å²) in [5.74, 6) is -1.97. The number of carbonyl (C=O) groups is 2. The molecule has 1 amide bonds. The molecule has 0 unspecified atom stereocenters. The minimum Gasteiger partial charge on any atom is -0.508 e. The molecule has 3 rings (SSSR count). The zero-order valence-electron chi connectivity index (χ0n) is 13.8. The van der Waals surface area contributed by atoms with E-state index in [1.54, 1.807) is 12.1 Å². The number of amides is 1. The highest BCUT2D eigenvalue weighted by Gasteiger charge is 2.15. The Hall–Kier alpha value is -3.09. The van der Waals surface area contributed by atoms with Gasteiger partial charge in [0.1, 0.15) is 11.4 Å². The number of carboxylic acid groups (broad SMARTS) is 1. The standard InChI is InChI=1S/C20H14ClNO4S/c21-16-7-2-1-6-15(16)18-9-8-14(27-18)11-17(20(25)26)22-19(24)12-4-3-5-13(23)10-12/h1-11,23H,(H,22,24)(H,25,26)/b17-11-. The van der Waals surface area contributed by atoms with Crippen LogP contribution in [0.3, 0.4) is 0 Å². The van der Waals surface area contributed by atoms with E-state index in [0.717, 1.165) is 10.4 Å². The molecule has 136 valence electrons. The zero-order chi connectivity index (χ0) is 19.4. The second kappa shape index (κ2) is 8.07. The number of rotatable bonds is 5. The maximum atomic E-state index is 12.2. The molecule has 1 heterocycles. The average Bonchev–Trinajstić information content (AvgIpc) is 3.09. The Kier molecular flexibility index (Phi) is 5.59. The molecule has 0 bridgehead atoms. The van der Waals surface area contributed by atoms with Gasteiger partial charge in [0.25, 0.3) is 5.91 Å². The summed E-state index contributed by atoms with van der Waals surface area (Å²) in [6.45, 7) is 0.